The topological polar surface area (TPSA) is 36.1 Å². The third-order valence-electron chi connectivity index (χ3n) is 10.0. The number of fused-ring (bicyclic) bond motifs is 4. The second-order valence-corrected chi connectivity index (χ2v) is 14.0. The maximum atomic E-state index is 3.83. The molecule has 3 nitrogen and oxygen atoms in total. The minimum absolute atomic E-state index is 0.00873. The molecule has 0 saturated carbocycles. The van der Waals surface area contributed by atoms with Gasteiger partial charge in [0.2, 0.25) is 0 Å². The van der Waals surface area contributed by atoms with E-state index in [0.717, 1.165) is 0 Å². The summed E-state index contributed by atoms with van der Waals surface area (Å²) in [6, 6.07) is 51.3. The number of thiophene rings is 1. The van der Waals surface area contributed by atoms with Crippen molar-refractivity contribution >= 4 is 31.5 Å². The quantitative estimate of drug-likeness (QED) is 0.178. The fourth-order valence-electron chi connectivity index (χ4n) is 7.56. The molecule has 0 bridgehead atoms. The van der Waals surface area contributed by atoms with Crippen LogP contribution in [0.1, 0.15) is 59.2 Å². The molecule has 1 saturated heterocycles. The lowest BCUT2D eigenvalue weighted by molar-refractivity contribution is 0.203. The first-order chi connectivity index (χ1) is 23.3. The Morgan fingerprint density at radius 2 is 1.02 bits per heavy atom. The summed E-state index contributed by atoms with van der Waals surface area (Å²) in [7, 11) is 0. The van der Waals surface area contributed by atoms with Gasteiger partial charge in [-0.3, -0.25) is 16.0 Å². The average Bonchev–Trinajstić information content (AvgIpc) is 3.52. The van der Waals surface area contributed by atoms with Crippen molar-refractivity contribution in [1.29, 1.82) is 0 Å². The number of benzene rings is 6. The molecule has 1 aliphatic heterocycles. The molecule has 6 aromatic carbocycles. The molecule has 2 unspecified atom stereocenters. The van der Waals surface area contributed by atoms with Crippen molar-refractivity contribution in [3.8, 4) is 22.3 Å². The Labute approximate surface area is 280 Å². The summed E-state index contributed by atoms with van der Waals surface area (Å²) in [6.07, 6.45) is 5.05. The lowest BCUT2D eigenvalue weighted by Gasteiger charge is -2.39. The number of rotatable bonds is 5. The molecule has 0 spiro atoms. The number of hydrogen-bond acceptors (Lipinski definition) is 4. The van der Waals surface area contributed by atoms with Crippen LogP contribution < -0.4 is 16.0 Å². The van der Waals surface area contributed by atoms with Crippen molar-refractivity contribution in [3.63, 3.8) is 0 Å². The van der Waals surface area contributed by atoms with Gasteiger partial charge in [-0.1, -0.05) is 127 Å². The van der Waals surface area contributed by atoms with Crippen LogP contribution in [0.3, 0.4) is 0 Å². The molecular weight excluding hydrogens is 591 g/mol. The molecule has 2 aliphatic rings. The summed E-state index contributed by atoms with van der Waals surface area (Å²) < 4.78 is 2.64. The summed E-state index contributed by atoms with van der Waals surface area (Å²) in [5.74, 6) is 0. The minimum atomic E-state index is -0.00873. The maximum absolute atomic E-state index is 3.83. The summed E-state index contributed by atoms with van der Waals surface area (Å²) in [6.45, 7) is 0. The molecule has 47 heavy (non-hydrogen) atoms. The zero-order chi connectivity index (χ0) is 31.2. The first kappa shape index (κ1) is 28.6. The Morgan fingerprint density at radius 1 is 0.447 bits per heavy atom. The molecule has 3 N–H and O–H groups in total. The third kappa shape index (κ3) is 5.48. The van der Waals surface area contributed by atoms with Crippen LogP contribution in [0.4, 0.5) is 0 Å². The molecule has 0 amide bonds. The number of nitrogens with one attached hydrogen (secondary N) is 3. The fourth-order valence-corrected chi connectivity index (χ4v) is 8.75. The van der Waals surface area contributed by atoms with Gasteiger partial charge >= 0.3 is 0 Å². The predicted octanol–water partition coefficient (Wildman–Crippen LogP) is 10.4. The van der Waals surface area contributed by atoms with Crippen LogP contribution in [0.15, 0.2) is 140 Å². The van der Waals surface area contributed by atoms with Gasteiger partial charge in [0.1, 0.15) is 0 Å². The fraction of sp³-hybridized carbons (Fsp3) is 0.163. The highest BCUT2D eigenvalue weighted by molar-refractivity contribution is 7.25. The first-order valence-electron chi connectivity index (χ1n) is 16.8. The van der Waals surface area contributed by atoms with Crippen molar-refractivity contribution in [3.05, 3.63) is 167 Å². The summed E-state index contributed by atoms with van der Waals surface area (Å²) in [5.41, 5.74) is 12.1. The second kappa shape index (κ2) is 12.2. The molecule has 1 aliphatic carbocycles. The maximum Gasteiger partial charge on any atom is 0.0865 e. The van der Waals surface area contributed by atoms with E-state index in [1.807, 2.05) is 11.3 Å². The van der Waals surface area contributed by atoms with Crippen LogP contribution in [0.5, 0.6) is 0 Å². The van der Waals surface area contributed by atoms with Crippen LogP contribution in [0.2, 0.25) is 0 Å². The molecule has 1 fully saturated rings. The van der Waals surface area contributed by atoms with Crippen molar-refractivity contribution in [2.45, 2.75) is 44.2 Å². The Kier molecular flexibility index (Phi) is 7.44. The van der Waals surface area contributed by atoms with Gasteiger partial charge in [0, 0.05) is 20.2 Å². The van der Waals surface area contributed by atoms with E-state index in [0.29, 0.717) is 0 Å². The van der Waals surface area contributed by atoms with Gasteiger partial charge in [0.25, 0.3) is 0 Å². The van der Waals surface area contributed by atoms with E-state index in [1.165, 1.54) is 90.4 Å². The minimum Gasteiger partial charge on any atom is -0.279 e. The highest BCUT2D eigenvalue weighted by atomic mass is 32.1. The molecule has 0 radical (unpaired) electrons. The second-order valence-electron chi connectivity index (χ2n) is 12.9. The Bertz CT molecular complexity index is 2140. The van der Waals surface area contributed by atoms with Gasteiger partial charge in [-0.05, 0) is 87.9 Å². The van der Waals surface area contributed by atoms with E-state index in [-0.39, 0.29) is 18.5 Å². The van der Waals surface area contributed by atoms with Crippen LogP contribution in [0, 0.1) is 0 Å². The number of hydrogen-bond donors (Lipinski definition) is 3. The van der Waals surface area contributed by atoms with Gasteiger partial charge < -0.3 is 0 Å². The van der Waals surface area contributed by atoms with E-state index >= 15 is 0 Å². The van der Waals surface area contributed by atoms with E-state index in [9.17, 15) is 0 Å². The van der Waals surface area contributed by atoms with E-state index in [2.05, 4.69) is 155 Å². The van der Waals surface area contributed by atoms with Gasteiger partial charge in [0.05, 0.1) is 18.5 Å². The summed E-state index contributed by atoms with van der Waals surface area (Å²) in [4.78, 5) is 0. The standard InChI is InChI=1S/C43H37N3S/c1-3-11-31(12-4-1)41-44-42(32-13-5-2-6-14-32)46-43(45-41)34-23-25-38-37-24-22-33(26-39(37)47-40(38)27-34)28-18-20-30(21-19-28)36-17-9-15-29-10-7-8-16-35(29)36/h1-6,9,11-15,17-27,41-46H,7-8,10,16H2. The Morgan fingerprint density at radius 3 is 1.72 bits per heavy atom. The lowest BCUT2D eigenvalue weighted by Crippen LogP contribution is -2.54. The average molecular weight is 628 g/mol. The van der Waals surface area contributed by atoms with Crippen molar-refractivity contribution in [2.75, 3.05) is 0 Å². The SMILES string of the molecule is c1ccc(C2NC(c3ccccc3)NC(c3ccc4c(c3)sc3cc(-c5ccc(-c6cccc7c6CCCC7)cc5)ccc34)N2)cc1. The zero-order valence-electron chi connectivity index (χ0n) is 26.2. The van der Waals surface area contributed by atoms with Crippen LogP contribution in [0.25, 0.3) is 42.4 Å². The van der Waals surface area contributed by atoms with Crippen molar-refractivity contribution in [2.24, 2.45) is 0 Å². The van der Waals surface area contributed by atoms with Gasteiger partial charge in [0.15, 0.2) is 0 Å². The van der Waals surface area contributed by atoms with Gasteiger partial charge in [-0.25, -0.2) is 0 Å². The van der Waals surface area contributed by atoms with E-state index in [1.54, 1.807) is 5.56 Å². The molecule has 9 rings (SSSR count). The third-order valence-corrected chi connectivity index (χ3v) is 11.1. The molecule has 7 aromatic rings. The molecule has 230 valence electrons. The highest BCUT2D eigenvalue weighted by Gasteiger charge is 2.29. The lowest BCUT2D eigenvalue weighted by atomic mass is 9.85. The number of aryl methyl sites for hydroxylation is 1. The Balaban J connectivity index is 1.02. The van der Waals surface area contributed by atoms with Gasteiger partial charge in [-0.2, -0.15) is 0 Å². The van der Waals surface area contributed by atoms with Crippen LogP contribution in [-0.2, 0) is 12.8 Å². The summed E-state index contributed by atoms with van der Waals surface area (Å²) in [5, 5.41) is 14.1. The monoisotopic (exact) mass is 627 g/mol. The zero-order valence-corrected chi connectivity index (χ0v) is 27.1. The van der Waals surface area contributed by atoms with E-state index < -0.39 is 0 Å². The Hall–Kier alpha value is -4.58. The predicted molar refractivity (Wildman–Crippen MR) is 197 cm³/mol. The van der Waals surface area contributed by atoms with Crippen LogP contribution in [-0.4, -0.2) is 0 Å². The molecule has 1 aromatic heterocycles. The largest absolute Gasteiger partial charge is 0.279 e. The summed E-state index contributed by atoms with van der Waals surface area (Å²) >= 11 is 1.89. The normalized spacial score (nSPS) is 19.5. The molecule has 2 atom stereocenters. The van der Waals surface area contributed by atoms with E-state index in [4.69, 9.17) is 0 Å². The van der Waals surface area contributed by atoms with Gasteiger partial charge in [-0.15, -0.1) is 11.3 Å². The molecule has 4 heteroatoms. The highest BCUT2D eigenvalue weighted by Crippen LogP contribution is 2.39. The molecular formula is C43H37N3S. The first-order valence-corrected chi connectivity index (χ1v) is 17.6. The van der Waals surface area contributed by atoms with Crippen molar-refractivity contribution in [1.82, 2.24) is 16.0 Å². The smallest absolute Gasteiger partial charge is 0.0865 e. The molecule has 2 heterocycles. The van der Waals surface area contributed by atoms with Crippen molar-refractivity contribution < 1.29 is 0 Å². The van der Waals surface area contributed by atoms with Crippen LogP contribution >= 0.6 is 11.3 Å².